The quantitative estimate of drug-likeness (QED) is 0.905. The lowest BCUT2D eigenvalue weighted by Gasteiger charge is -2.24. The van der Waals surface area contributed by atoms with Crippen LogP contribution < -0.4 is 15.2 Å². The van der Waals surface area contributed by atoms with Crippen LogP contribution in [0.15, 0.2) is 22.7 Å². The van der Waals surface area contributed by atoms with E-state index in [1.54, 1.807) is 7.11 Å². The fourth-order valence-electron chi connectivity index (χ4n) is 2.43. The maximum Gasteiger partial charge on any atom is 0.240 e. The number of ether oxygens (including phenoxy) is 2. The van der Waals surface area contributed by atoms with Crippen molar-refractivity contribution in [2.24, 2.45) is 5.73 Å². The SMILES string of the molecule is COc1c(OC2CCCSC2)cccc1-c1noc(CN)n1. The second-order valence-corrected chi connectivity index (χ2v) is 6.16. The highest BCUT2D eigenvalue weighted by atomic mass is 32.2. The molecule has 7 heteroatoms. The fourth-order valence-corrected chi connectivity index (χ4v) is 3.46. The summed E-state index contributed by atoms with van der Waals surface area (Å²) < 4.78 is 16.7. The van der Waals surface area contributed by atoms with Crippen molar-refractivity contribution in [1.29, 1.82) is 0 Å². The summed E-state index contributed by atoms with van der Waals surface area (Å²) in [6.45, 7) is 0.213. The molecule has 0 bridgehead atoms. The Balaban J connectivity index is 1.89. The maximum atomic E-state index is 6.12. The summed E-state index contributed by atoms with van der Waals surface area (Å²) in [4.78, 5) is 4.25. The van der Waals surface area contributed by atoms with Gasteiger partial charge in [-0.05, 0) is 30.7 Å². The van der Waals surface area contributed by atoms with Crippen LogP contribution in [0.3, 0.4) is 0 Å². The Kier molecular flexibility index (Phi) is 4.84. The molecule has 0 aliphatic carbocycles. The summed E-state index contributed by atoms with van der Waals surface area (Å²) in [6.07, 6.45) is 2.47. The van der Waals surface area contributed by atoms with E-state index in [4.69, 9.17) is 19.7 Å². The van der Waals surface area contributed by atoms with E-state index < -0.39 is 0 Å². The molecule has 1 saturated heterocycles. The highest BCUT2D eigenvalue weighted by Crippen LogP contribution is 2.38. The van der Waals surface area contributed by atoms with Gasteiger partial charge in [-0.1, -0.05) is 11.2 Å². The lowest BCUT2D eigenvalue weighted by atomic mass is 10.1. The first-order valence-electron chi connectivity index (χ1n) is 7.26. The number of thioether (sulfide) groups is 1. The number of hydrogen-bond donors (Lipinski definition) is 1. The summed E-state index contributed by atoms with van der Waals surface area (Å²) in [5.74, 6) is 4.41. The van der Waals surface area contributed by atoms with E-state index in [1.807, 2.05) is 30.0 Å². The molecular formula is C15H19N3O3S. The molecule has 3 rings (SSSR count). The largest absolute Gasteiger partial charge is 0.492 e. The van der Waals surface area contributed by atoms with Crippen molar-refractivity contribution in [1.82, 2.24) is 10.1 Å². The van der Waals surface area contributed by atoms with Crippen LogP contribution in [0.5, 0.6) is 11.5 Å². The number of nitrogens with two attached hydrogens (primary N) is 1. The minimum Gasteiger partial charge on any atom is -0.492 e. The van der Waals surface area contributed by atoms with Crippen LogP contribution in [0, 0.1) is 0 Å². The summed E-state index contributed by atoms with van der Waals surface area (Å²) in [5, 5.41) is 3.95. The average Bonchev–Trinajstić information content (AvgIpc) is 3.04. The molecule has 2 aromatic rings. The van der Waals surface area contributed by atoms with Gasteiger partial charge in [-0.3, -0.25) is 0 Å². The Bertz CT molecular complexity index is 626. The number of para-hydroxylation sites is 1. The minimum absolute atomic E-state index is 0.213. The molecule has 1 aliphatic rings. The number of benzene rings is 1. The van der Waals surface area contributed by atoms with E-state index in [9.17, 15) is 0 Å². The fraction of sp³-hybridized carbons (Fsp3) is 0.467. The van der Waals surface area contributed by atoms with Gasteiger partial charge in [0.1, 0.15) is 6.10 Å². The molecule has 1 aromatic heterocycles. The molecular weight excluding hydrogens is 302 g/mol. The molecule has 2 heterocycles. The molecule has 22 heavy (non-hydrogen) atoms. The first-order valence-corrected chi connectivity index (χ1v) is 8.41. The Morgan fingerprint density at radius 1 is 1.45 bits per heavy atom. The van der Waals surface area contributed by atoms with Gasteiger partial charge in [0, 0.05) is 5.75 Å². The smallest absolute Gasteiger partial charge is 0.240 e. The molecule has 0 amide bonds. The summed E-state index contributed by atoms with van der Waals surface area (Å²) in [7, 11) is 1.62. The molecule has 1 unspecified atom stereocenters. The first-order chi connectivity index (χ1) is 10.8. The van der Waals surface area contributed by atoms with E-state index in [-0.39, 0.29) is 12.6 Å². The molecule has 0 saturated carbocycles. The van der Waals surface area contributed by atoms with E-state index in [0.717, 1.165) is 17.7 Å². The van der Waals surface area contributed by atoms with E-state index in [2.05, 4.69) is 10.1 Å². The van der Waals surface area contributed by atoms with Gasteiger partial charge in [-0.15, -0.1) is 0 Å². The number of hydrogen-bond acceptors (Lipinski definition) is 7. The van der Waals surface area contributed by atoms with Crippen molar-refractivity contribution in [3.8, 4) is 22.9 Å². The molecule has 1 aromatic carbocycles. The van der Waals surface area contributed by atoms with Crippen LogP contribution >= 0.6 is 11.8 Å². The molecule has 118 valence electrons. The maximum absolute atomic E-state index is 6.12. The standard InChI is InChI=1S/C15H19N3O3S/c1-19-14-11(15-17-13(8-16)21-18-15)5-2-6-12(14)20-10-4-3-7-22-9-10/h2,5-6,10H,3-4,7-9,16H2,1H3. The van der Waals surface area contributed by atoms with Gasteiger partial charge in [0.25, 0.3) is 0 Å². The zero-order valence-corrected chi connectivity index (χ0v) is 13.3. The minimum atomic E-state index is 0.213. The van der Waals surface area contributed by atoms with Gasteiger partial charge < -0.3 is 19.7 Å². The molecule has 0 spiro atoms. The van der Waals surface area contributed by atoms with E-state index >= 15 is 0 Å². The lowest BCUT2D eigenvalue weighted by molar-refractivity contribution is 0.202. The predicted molar refractivity (Wildman–Crippen MR) is 85.2 cm³/mol. The van der Waals surface area contributed by atoms with Gasteiger partial charge in [0.2, 0.25) is 11.7 Å². The van der Waals surface area contributed by atoms with Crippen molar-refractivity contribution in [2.45, 2.75) is 25.5 Å². The zero-order chi connectivity index (χ0) is 15.4. The van der Waals surface area contributed by atoms with Gasteiger partial charge in [-0.2, -0.15) is 16.7 Å². The van der Waals surface area contributed by atoms with Crippen LogP contribution in [0.25, 0.3) is 11.4 Å². The van der Waals surface area contributed by atoms with Gasteiger partial charge in [0.15, 0.2) is 11.5 Å². The number of aromatic nitrogens is 2. The van der Waals surface area contributed by atoms with E-state index in [0.29, 0.717) is 23.2 Å². The Labute approximate surface area is 133 Å². The van der Waals surface area contributed by atoms with Crippen molar-refractivity contribution >= 4 is 11.8 Å². The molecule has 2 N–H and O–H groups in total. The van der Waals surface area contributed by atoms with Gasteiger partial charge in [0.05, 0.1) is 19.2 Å². The molecule has 1 aliphatic heterocycles. The van der Waals surface area contributed by atoms with Crippen LogP contribution in [0.1, 0.15) is 18.7 Å². The topological polar surface area (TPSA) is 83.4 Å². The number of nitrogens with zero attached hydrogens (tertiary/aromatic N) is 2. The summed E-state index contributed by atoms with van der Waals surface area (Å²) in [5.41, 5.74) is 6.25. The van der Waals surface area contributed by atoms with Crippen molar-refractivity contribution in [3.05, 3.63) is 24.1 Å². The molecule has 1 fully saturated rings. The van der Waals surface area contributed by atoms with Crippen molar-refractivity contribution in [2.75, 3.05) is 18.6 Å². The highest BCUT2D eigenvalue weighted by Gasteiger charge is 2.21. The highest BCUT2D eigenvalue weighted by molar-refractivity contribution is 7.99. The molecule has 6 nitrogen and oxygen atoms in total. The average molecular weight is 321 g/mol. The first kappa shape index (κ1) is 15.2. The summed E-state index contributed by atoms with van der Waals surface area (Å²) >= 11 is 1.92. The third-order valence-electron chi connectivity index (χ3n) is 3.48. The Hall–Kier alpha value is -1.73. The molecule has 0 radical (unpaired) electrons. The van der Waals surface area contributed by atoms with Crippen LogP contribution in [0.2, 0.25) is 0 Å². The lowest BCUT2D eigenvalue weighted by Crippen LogP contribution is -2.23. The van der Waals surface area contributed by atoms with Gasteiger partial charge >= 0.3 is 0 Å². The van der Waals surface area contributed by atoms with Crippen LogP contribution in [-0.2, 0) is 6.54 Å². The number of rotatable bonds is 5. The van der Waals surface area contributed by atoms with Crippen LogP contribution in [0.4, 0.5) is 0 Å². The Morgan fingerprint density at radius 2 is 2.36 bits per heavy atom. The Morgan fingerprint density at radius 3 is 3.05 bits per heavy atom. The monoisotopic (exact) mass is 321 g/mol. The zero-order valence-electron chi connectivity index (χ0n) is 12.4. The van der Waals surface area contributed by atoms with Crippen molar-refractivity contribution in [3.63, 3.8) is 0 Å². The van der Waals surface area contributed by atoms with Crippen molar-refractivity contribution < 1.29 is 14.0 Å². The molecule has 1 atom stereocenters. The third-order valence-corrected chi connectivity index (χ3v) is 4.66. The van der Waals surface area contributed by atoms with Gasteiger partial charge in [-0.25, -0.2) is 0 Å². The normalized spacial score (nSPS) is 18.2. The second-order valence-electron chi connectivity index (χ2n) is 5.01. The third kappa shape index (κ3) is 3.20. The van der Waals surface area contributed by atoms with Crippen LogP contribution in [-0.4, -0.2) is 34.9 Å². The summed E-state index contributed by atoms with van der Waals surface area (Å²) in [6, 6.07) is 5.69. The number of methoxy groups -OCH3 is 1. The second kappa shape index (κ2) is 7.02. The van der Waals surface area contributed by atoms with E-state index in [1.165, 1.54) is 12.2 Å². The predicted octanol–water partition coefficient (Wildman–Crippen LogP) is 2.48.